The van der Waals surface area contributed by atoms with Crippen LogP contribution >= 0.6 is 11.6 Å². The predicted octanol–water partition coefficient (Wildman–Crippen LogP) is 1.46. The maximum atomic E-state index is 13.3. The van der Waals surface area contributed by atoms with Gasteiger partial charge in [0.2, 0.25) is 5.91 Å². The number of rotatable bonds is 21. The van der Waals surface area contributed by atoms with Crippen LogP contribution < -0.4 is 16.8 Å². The van der Waals surface area contributed by atoms with Gasteiger partial charge in [0, 0.05) is 51.7 Å². The zero-order valence-electron chi connectivity index (χ0n) is 30.4. The van der Waals surface area contributed by atoms with Crippen molar-refractivity contribution in [3.8, 4) is 0 Å². The zero-order valence-corrected chi connectivity index (χ0v) is 31.1. The molecule has 14 nitrogen and oxygen atoms in total. The van der Waals surface area contributed by atoms with Gasteiger partial charge in [-0.2, -0.15) is 0 Å². The predicted molar refractivity (Wildman–Crippen MR) is 199 cm³/mol. The maximum Gasteiger partial charge on any atom is 0.273 e. The van der Waals surface area contributed by atoms with Crippen molar-refractivity contribution in [2.75, 3.05) is 70.9 Å². The number of nitrogens with zero attached hydrogens (tertiary/aromatic N) is 5. The smallest absolute Gasteiger partial charge is 0.273 e. The standard InChI is InChI=1S/C36H59ClN8O6/c1-4-5-6-9-15-44(22-28(47)32(50)29(48)23-46)16-14-30(49)45-17-12-27(13-18-45)43(3)21-25(19-26-11-8-7-10-24(26)2)20-40-36(51)31-34(38)42-35(39)33(37)41-31/h7-8,10-11,25,27-29,32,46-48,50H,4-6,9,12-23H2,1-3H3,(H,40,51)(H4,38,39,42). The molecule has 1 aliphatic heterocycles. The number of aromatic nitrogens is 2. The number of carbonyl (C=O) groups excluding carboxylic acids is 2. The van der Waals surface area contributed by atoms with E-state index in [-0.39, 0.29) is 53.3 Å². The fourth-order valence-electron chi connectivity index (χ4n) is 6.60. The Bertz CT molecular complexity index is 1380. The number of carbonyl (C=O) groups is 2. The molecule has 1 saturated heterocycles. The molecule has 15 heteroatoms. The molecule has 0 spiro atoms. The minimum atomic E-state index is -1.47. The van der Waals surface area contributed by atoms with Crippen molar-refractivity contribution in [2.24, 2.45) is 5.92 Å². The van der Waals surface area contributed by atoms with Crippen LogP contribution in [-0.4, -0.2) is 141 Å². The molecule has 9 N–H and O–H groups in total. The third-order valence-electron chi connectivity index (χ3n) is 9.82. The first-order valence-corrected chi connectivity index (χ1v) is 18.5. The van der Waals surface area contributed by atoms with Gasteiger partial charge in [-0.1, -0.05) is 62.1 Å². The van der Waals surface area contributed by atoms with Gasteiger partial charge < -0.3 is 51.9 Å². The fraction of sp³-hybridized carbons (Fsp3) is 0.667. The first-order chi connectivity index (χ1) is 24.3. The first-order valence-electron chi connectivity index (χ1n) is 18.1. The Labute approximate surface area is 307 Å². The quantitative estimate of drug-likeness (QED) is 0.0909. The maximum absolute atomic E-state index is 13.3. The number of nitrogens with one attached hydrogen (secondary N) is 1. The largest absolute Gasteiger partial charge is 0.394 e. The van der Waals surface area contributed by atoms with Crippen molar-refractivity contribution >= 4 is 35.1 Å². The number of nitrogens with two attached hydrogens (primary N) is 2. The summed E-state index contributed by atoms with van der Waals surface area (Å²) in [7, 11) is 2.09. The first kappa shape index (κ1) is 42.3. The van der Waals surface area contributed by atoms with Gasteiger partial charge in [0.15, 0.2) is 22.5 Å². The van der Waals surface area contributed by atoms with E-state index in [9.17, 15) is 24.9 Å². The number of nitrogen functional groups attached to an aromatic ring is 2. The van der Waals surface area contributed by atoms with E-state index in [4.69, 9.17) is 28.2 Å². The lowest BCUT2D eigenvalue weighted by molar-refractivity contribution is -0.133. The van der Waals surface area contributed by atoms with Crippen molar-refractivity contribution in [3.05, 3.63) is 46.2 Å². The van der Waals surface area contributed by atoms with Crippen LogP contribution in [0.1, 0.15) is 73.5 Å². The number of amides is 2. The van der Waals surface area contributed by atoms with Crippen molar-refractivity contribution in [1.82, 2.24) is 30.0 Å². The van der Waals surface area contributed by atoms with Crippen LogP contribution in [0.2, 0.25) is 5.15 Å². The molecule has 0 bridgehead atoms. The molecule has 4 unspecified atom stereocenters. The highest BCUT2D eigenvalue weighted by molar-refractivity contribution is 6.31. The molecule has 3 rings (SSSR count). The van der Waals surface area contributed by atoms with Gasteiger partial charge >= 0.3 is 0 Å². The molecule has 0 radical (unpaired) electrons. The lowest BCUT2D eigenvalue weighted by Crippen LogP contribution is -2.49. The second-order valence-electron chi connectivity index (χ2n) is 13.8. The van der Waals surface area contributed by atoms with Crippen molar-refractivity contribution in [2.45, 2.75) is 89.6 Å². The molecular formula is C36H59ClN8O6. The number of benzene rings is 1. The summed E-state index contributed by atoms with van der Waals surface area (Å²) in [5.74, 6) is -0.486. The van der Waals surface area contributed by atoms with E-state index in [2.05, 4.69) is 53.2 Å². The summed E-state index contributed by atoms with van der Waals surface area (Å²) in [5.41, 5.74) is 13.9. The number of aryl methyl sites for hydroxylation is 1. The van der Waals surface area contributed by atoms with Crippen LogP contribution in [0.4, 0.5) is 11.6 Å². The number of unbranched alkanes of at least 4 members (excludes halogenated alkanes) is 3. The summed E-state index contributed by atoms with van der Waals surface area (Å²) >= 11 is 6.00. The lowest BCUT2D eigenvalue weighted by Gasteiger charge is -2.38. The Morgan fingerprint density at radius 3 is 2.39 bits per heavy atom. The van der Waals surface area contributed by atoms with Gasteiger partial charge in [-0.3, -0.25) is 9.59 Å². The number of aliphatic hydroxyl groups is 4. The van der Waals surface area contributed by atoms with Crippen molar-refractivity contribution < 1.29 is 30.0 Å². The van der Waals surface area contributed by atoms with Crippen LogP contribution in [0.15, 0.2) is 24.3 Å². The summed E-state index contributed by atoms with van der Waals surface area (Å²) in [4.78, 5) is 40.5. The Morgan fingerprint density at radius 2 is 1.73 bits per heavy atom. The summed E-state index contributed by atoms with van der Waals surface area (Å²) in [5, 5.41) is 42.5. The summed E-state index contributed by atoms with van der Waals surface area (Å²) < 4.78 is 0. The Morgan fingerprint density at radius 1 is 1.02 bits per heavy atom. The van der Waals surface area contributed by atoms with E-state index < -0.39 is 30.8 Å². The Balaban J connectivity index is 1.56. The van der Waals surface area contributed by atoms with Gasteiger partial charge in [-0.05, 0) is 63.2 Å². The van der Waals surface area contributed by atoms with E-state index in [1.54, 1.807) is 0 Å². The molecule has 0 saturated carbocycles. The van der Waals surface area contributed by atoms with Gasteiger partial charge in [-0.15, -0.1) is 0 Å². The average Bonchev–Trinajstić information content (AvgIpc) is 3.12. The fourth-order valence-corrected chi connectivity index (χ4v) is 6.73. The highest BCUT2D eigenvalue weighted by atomic mass is 35.5. The zero-order chi connectivity index (χ0) is 37.5. The third-order valence-corrected chi connectivity index (χ3v) is 10.1. The molecule has 2 amide bonds. The van der Waals surface area contributed by atoms with Crippen LogP contribution in [-0.2, 0) is 11.2 Å². The second kappa shape index (κ2) is 21.4. The second-order valence-corrected chi connectivity index (χ2v) is 14.2. The number of piperidine rings is 1. The van der Waals surface area contributed by atoms with Crippen LogP contribution in [0.25, 0.3) is 0 Å². The van der Waals surface area contributed by atoms with Crippen LogP contribution in [0.5, 0.6) is 0 Å². The minimum Gasteiger partial charge on any atom is -0.394 e. The van der Waals surface area contributed by atoms with E-state index in [1.165, 1.54) is 11.1 Å². The molecule has 1 aliphatic rings. The Hall–Kier alpha value is -3.11. The van der Waals surface area contributed by atoms with E-state index in [0.717, 1.165) is 44.9 Å². The lowest BCUT2D eigenvalue weighted by atomic mass is 9.94. The summed E-state index contributed by atoms with van der Waals surface area (Å²) in [6, 6.07) is 8.45. The van der Waals surface area contributed by atoms with Crippen molar-refractivity contribution in [1.29, 1.82) is 0 Å². The number of hydrogen-bond donors (Lipinski definition) is 7. The number of likely N-dealkylation sites (tertiary alicyclic amines) is 1. The third kappa shape index (κ3) is 13.4. The molecule has 2 aromatic rings. The summed E-state index contributed by atoms with van der Waals surface area (Å²) in [6.07, 6.45) is 2.62. The average molecular weight is 735 g/mol. The number of halogens is 1. The molecule has 1 aromatic carbocycles. The molecule has 286 valence electrons. The molecule has 1 fully saturated rings. The van der Waals surface area contributed by atoms with E-state index in [1.807, 2.05) is 21.9 Å². The van der Waals surface area contributed by atoms with Gasteiger partial charge in [0.05, 0.1) is 12.7 Å². The summed E-state index contributed by atoms with van der Waals surface area (Å²) in [6.45, 7) is 7.09. The topological polar surface area (TPSA) is 215 Å². The highest BCUT2D eigenvalue weighted by Crippen LogP contribution is 2.21. The molecule has 1 aromatic heterocycles. The van der Waals surface area contributed by atoms with Gasteiger partial charge in [-0.25, -0.2) is 9.97 Å². The monoisotopic (exact) mass is 734 g/mol. The molecular weight excluding hydrogens is 676 g/mol. The number of hydrogen-bond acceptors (Lipinski definition) is 12. The molecule has 51 heavy (non-hydrogen) atoms. The molecule has 4 atom stereocenters. The van der Waals surface area contributed by atoms with Gasteiger partial charge in [0.25, 0.3) is 5.91 Å². The minimum absolute atomic E-state index is 0.0373. The molecule has 2 heterocycles. The highest BCUT2D eigenvalue weighted by Gasteiger charge is 2.29. The number of aliphatic hydroxyl groups excluding tert-OH is 4. The van der Waals surface area contributed by atoms with Crippen molar-refractivity contribution in [3.63, 3.8) is 0 Å². The van der Waals surface area contributed by atoms with Crippen LogP contribution in [0.3, 0.4) is 0 Å². The van der Waals surface area contributed by atoms with E-state index >= 15 is 0 Å². The van der Waals surface area contributed by atoms with E-state index in [0.29, 0.717) is 39.3 Å². The van der Waals surface area contributed by atoms with Gasteiger partial charge in [0.1, 0.15) is 12.2 Å². The SMILES string of the molecule is CCCCCCN(CCC(=O)N1CCC(N(C)CC(CNC(=O)c2nc(Cl)c(N)nc2N)Cc2ccccc2C)CC1)CC(O)C(O)C(O)CO. The number of anilines is 2. The molecule has 0 aliphatic carbocycles. The normalized spacial score (nSPS) is 16.3. The Kier molecular flexibility index (Phi) is 17.8. The van der Waals surface area contributed by atoms with Crippen LogP contribution in [0, 0.1) is 12.8 Å².